The first-order valence-corrected chi connectivity index (χ1v) is 7.22. The van der Waals surface area contributed by atoms with Gasteiger partial charge in [-0.05, 0) is 19.9 Å². The number of morpholine rings is 1. The Labute approximate surface area is 106 Å². The average Bonchev–Trinajstić information content (AvgIpc) is 3.01. The van der Waals surface area contributed by atoms with E-state index in [-0.39, 0.29) is 6.10 Å². The Kier molecular flexibility index (Phi) is 3.42. The molecule has 1 aliphatic heterocycles. The second-order valence-electron chi connectivity index (χ2n) is 4.93. The summed E-state index contributed by atoms with van der Waals surface area (Å²) in [6.07, 6.45) is 2.88. The first kappa shape index (κ1) is 11.6. The molecule has 1 saturated carbocycles. The van der Waals surface area contributed by atoms with Crippen LogP contribution in [0.3, 0.4) is 0 Å². The summed E-state index contributed by atoms with van der Waals surface area (Å²) in [5, 5.41) is 5.70. The van der Waals surface area contributed by atoms with Crippen molar-refractivity contribution < 1.29 is 4.74 Å². The molecule has 1 N–H and O–H groups in total. The highest BCUT2D eigenvalue weighted by atomic mass is 32.1. The van der Waals surface area contributed by atoms with Crippen molar-refractivity contribution >= 4 is 11.3 Å². The number of thiazole rings is 1. The lowest BCUT2D eigenvalue weighted by Crippen LogP contribution is -2.47. The Morgan fingerprint density at radius 1 is 1.59 bits per heavy atom. The fourth-order valence-corrected chi connectivity index (χ4v) is 2.97. The second kappa shape index (κ2) is 5.02. The van der Waals surface area contributed by atoms with Gasteiger partial charge in [0.25, 0.3) is 0 Å². The summed E-state index contributed by atoms with van der Waals surface area (Å²) in [5.74, 6) is 0. The second-order valence-corrected chi connectivity index (χ2v) is 5.65. The maximum Gasteiger partial charge on any atom is 0.0912 e. The van der Waals surface area contributed by atoms with E-state index >= 15 is 0 Å². The third-order valence-electron chi connectivity index (χ3n) is 3.54. The number of aromatic nitrogens is 1. The Bertz CT molecular complexity index is 353. The summed E-state index contributed by atoms with van der Waals surface area (Å²) in [7, 11) is 2.16. The van der Waals surface area contributed by atoms with Crippen molar-refractivity contribution in [2.75, 3.05) is 26.7 Å². The van der Waals surface area contributed by atoms with Crippen molar-refractivity contribution in [2.45, 2.75) is 31.0 Å². The highest BCUT2D eigenvalue weighted by Crippen LogP contribution is 2.28. The van der Waals surface area contributed by atoms with Crippen LogP contribution in [0.15, 0.2) is 10.9 Å². The third kappa shape index (κ3) is 2.68. The Morgan fingerprint density at radius 3 is 3.18 bits per heavy atom. The van der Waals surface area contributed by atoms with Crippen molar-refractivity contribution in [3.63, 3.8) is 0 Å². The minimum Gasteiger partial charge on any atom is -0.374 e. The van der Waals surface area contributed by atoms with E-state index in [1.54, 1.807) is 11.3 Å². The maximum absolute atomic E-state index is 5.92. The van der Waals surface area contributed by atoms with Crippen LogP contribution in [0.2, 0.25) is 0 Å². The molecule has 17 heavy (non-hydrogen) atoms. The van der Waals surface area contributed by atoms with Gasteiger partial charge in [0.1, 0.15) is 0 Å². The van der Waals surface area contributed by atoms with Gasteiger partial charge in [-0.3, -0.25) is 4.90 Å². The Balaban J connectivity index is 1.69. The van der Waals surface area contributed by atoms with Crippen LogP contribution in [-0.2, 0) is 4.74 Å². The molecule has 1 saturated heterocycles. The van der Waals surface area contributed by atoms with E-state index in [4.69, 9.17) is 4.74 Å². The first-order valence-electron chi connectivity index (χ1n) is 6.28. The monoisotopic (exact) mass is 253 g/mol. The van der Waals surface area contributed by atoms with Gasteiger partial charge >= 0.3 is 0 Å². The van der Waals surface area contributed by atoms with Crippen molar-refractivity contribution in [1.82, 2.24) is 15.2 Å². The molecule has 2 atom stereocenters. The standard InChI is InChI=1S/C12H19N3OS/c1-15-4-5-16-11(6-13-9-2-3-9)12(15)10-7-17-8-14-10/h7-9,11-13H,2-6H2,1H3. The highest BCUT2D eigenvalue weighted by Gasteiger charge is 2.33. The molecular formula is C12H19N3OS. The van der Waals surface area contributed by atoms with Gasteiger partial charge in [0, 0.05) is 24.5 Å². The summed E-state index contributed by atoms with van der Waals surface area (Å²) in [5.41, 5.74) is 3.06. The molecule has 2 unspecified atom stereocenters. The average molecular weight is 253 g/mol. The van der Waals surface area contributed by atoms with Crippen LogP contribution in [0, 0.1) is 0 Å². The maximum atomic E-state index is 5.92. The largest absolute Gasteiger partial charge is 0.374 e. The number of nitrogens with one attached hydrogen (secondary N) is 1. The van der Waals surface area contributed by atoms with E-state index in [9.17, 15) is 0 Å². The fourth-order valence-electron chi connectivity index (χ4n) is 2.39. The molecule has 4 nitrogen and oxygen atoms in total. The van der Waals surface area contributed by atoms with Gasteiger partial charge in [0.05, 0.1) is 30.0 Å². The molecule has 0 aromatic carbocycles. The van der Waals surface area contributed by atoms with Crippen LogP contribution in [-0.4, -0.2) is 48.8 Å². The fraction of sp³-hybridized carbons (Fsp3) is 0.750. The van der Waals surface area contributed by atoms with E-state index in [2.05, 4.69) is 27.6 Å². The molecule has 0 radical (unpaired) electrons. The normalized spacial score (nSPS) is 30.6. The van der Waals surface area contributed by atoms with Crippen LogP contribution in [0.5, 0.6) is 0 Å². The van der Waals surface area contributed by atoms with Crippen LogP contribution in [0.4, 0.5) is 0 Å². The zero-order valence-electron chi connectivity index (χ0n) is 10.1. The smallest absolute Gasteiger partial charge is 0.0912 e. The quantitative estimate of drug-likeness (QED) is 0.877. The number of nitrogens with zero attached hydrogens (tertiary/aromatic N) is 2. The number of likely N-dealkylation sites (N-methyl/N-ethyl adjacent to an activating group) is 1. The molecule has 1 aromatic rings. The van der Waals surface area contributed by atoms with Crippen molar-refractivity contribution in [3.05, 3.63) is 16.6 Å². The number of hydrogen-bond donors (Lipinski definition) is 1. The minimum atomic E-state index is 0.233. The number of rotatable bonds is 4. The van der Waals surface area contributed by atoms with Gasteiger partial charge in [0.15, 0.2) is 0 Å². The van der Waals surface area contributed by atoms with Crippen LogP contribution in [0.25, 0.3) is 0 Å². The molecule has 0 bridgehead atoms. The minimum absolute atomic E-state index is 0.233. The molecule has 0 spiro atoms. The SMILES string of the molecule is CN1CCOC(CNC2CC2)C1c1cscn1. The molecule has 5 heteroatoms. The van der Waals surface area contributed by atoms with Crippen LogP contribution < -0.4 is 5.32 Å². The molecule has 0 amide bonds. The van der Waals surface area contributed by atoms with Gasteiger partial charge in [-0.1, -0.05) is 0 Å². The molecule has 3 rings (SSSR count). The molecule has 1 aliphatic carbocycles. The lowest BCUT2D eigenvalue weighted by Gasteiger charge is -2.38. The summed E-state index contributed by atoms with van der Waals surface area (Å²) in [6, 6.07) is 1.04. The first-order chi connectivity index (χ1) is 8.34. The Hall–Kier alpha value is -0.490. The molecule has 1 aromatic heterocycles. The predicted molar refractivity (Wildman–Crippen MR) is 68.2 cm³/mol. The van der Waals surface area contributed by atoms with E-state index < -0.39 is 0 Å². The summed E-state index contributed by atoms with van der Waals surface area (Å²) < 4.78 is 5.92. The predicted octanol–water partition coefficient (Wildman–Crippen LogP) is 1.27. The van der Waals surface area contributed by atoms with Crippen molar-refractivity contribution in [3.8, 4) is 0 Å². The van der Waals surface area contributed by atoms with Gasteiger partial charge < -0.3 is 10.1 Å². The van der Waals surface area contributed by atoms with Crippen LogP contribution in [0.1, 0.15) is 24.6 Å². The van der Waals surface area contributed by atoms with Crippen molar-refractivity contribution in [1.29, 1.82) is 0 Å². The highest BCUT2D eigenvalue weighted by molar-refractivity contribution is 7.07. The van der Waals surface area contributed by atoms with Gasteiger partial charge in [-0.15, -0.1) is 11.3 Å². The number of hydrogen-bond acceptors (Lipinski definition) is 5. The molecule has 2 heterocycles. The number of ether oxygens (including phenoxy) is 1. The van der Waals surface area contributed by atoms with Gasteiger partial charge in [-0.25, -0.2) is 4.98 Å². The lowest BCUT2D eigenvalue weighted by molar-refractivity contribution is -0.0626. The van der Waals surface area contributed by atoms with Gasteiger partial charge in [-0.2, -0.15) is 0 Å². The summed E-state index contributed by atoms with van der Waals surface area (Å²) in [4.78, 5) is 6.81. The van der Waals surface area contributed by atoms with E-state index in [1.807, 2.05) is 5.51 Å². The molecule has 2 fully saturated rings. The van der Waals surface area contributed by atoms with E-state index in [0.717, 1.165) is 31.4 Å². The summed E-state index contributed by atoms with van der Waals surface area (Å²) in [6.45, 7) is 2.76. The molecule has 2 aliphatic rings. The lowest BCUT2D eigenvalue weighted by atomic mass is 10.0. The van der Waals surface area contributed by atoms with Crippen LogP contribution >= 0.6 is 11.3 Å². The van der Waals surface area contributed by atoms with E-state index in [0.29, 0.717) is 6.04 Å². The molecule has 94 valence electrons. The van der Waals surface area contributed by atoms with Crippen molar-refractivity contribution in [2.24, 2.45) is 0 Å². The zero-order valence-corrected chi connectivity index (χ0v) is 10.9. The summed E-state index contributed by atoms with van der Waals surface area (Å²) >= 11 is 1.66. The zero-order chi connectivity index (χ0) is 11.7. The molecular weight excluding hydrogens is 234 g/mol. The van der Waals surface area contributed by atoms with Gasteiger partial charge in [0.2, 0.25) is 0 Å². The topological polar surface area (TPSA) is 37.4 Å². The third-order valence-corrected chi connectivity index (χ3v) is 4.15. The Morgan fingerprint density at radius 2 is 2.47 bits per heavy atom. The van der Waals surface area contributed by atoms with E-state index in [1.165, 1.54) is 12.8 Å².